The molecular formula is C36H24N4O12S2. The van der Waals surface area contributed by atoms with Crippen molar-refractivity contribution < 1.29 is 55.3 Å². The molecule has 18 heteroatoms. The maximum Gasteiger partial charge on any atom is 0.295 e. The number of pyridine rings is 2. The number of carbonyl (C=O) groups is 4. The molecule has 54 heavy (non-hydrogen) atoms. The van der Waals surface area contributed by atoms with Crippen LogP contribution in [-0.2, 0) is 20.2 Å². The predicted octanol–water partition coefficient (Wildman–Crippen LogP) is 4.99. The van der Waals surface area contributed by atoms with Gasteiger partial charge in [-0.3, -0.25) is 38.3 Å². The molecule has 0 bridgehead atoms. The quantitative estimate of drug-likeness (QED) is 0.0609. The van der Waals surface area contributed by atoms with Gasteiger partial charge in [-0.25, -0.2) is 0 Å². The van der Waals surface area contributed by atoms with E-state index in [4.69, 9.17) is 0 Å². The van der Waals surface area contributed by atoms with Gasteiger partial charge in [-0.15, -0.1) is 0 Å². The minimum Gasteiger partial charge on any atom is -0.505 e. The first kappa shape index (κ1) is 36.9. The highest BCUT2D eigenvalue weighted by Crippen LogP contribution is 2.33. The summed E-state index contributed by atoms with van der Waals surface area (Å²) in [6, 6.07) is 14.9. The molecule has 6 aromatic rings. The summed E-state index contributed by atoms with van der Waals surface area (Å²) in [6.45, 7) is 0. The van der Waals surface area contributed by atoms with E-state index in [1.807, 2.05) is 0 Å². The first-order chi connectivity index (χ1) is 25.6. The second-order valence-electron chi connectivity index (χ2n) is 11.5. The van der Waals surface area contributed by atoms with Gasteiger partial charge < -0.3 is 20.8 Å². The monoisotopic (exact) mass is 768 g/mol. The van der Waals surface area contributed by atoms with Crippen LogP contribution in [0.4, 0.5) is 11.4 Å². The third-order valence-corrected chi connectivity index (χ3v) is 9.90. The molecule has 0 unspecified atom stereocenters. The Bertz CT molecular complexity index is 2650. The van der Waals surface area contributed by atoms with Gasteiger partial charge in [0.1, 0.15) is 20.8 Å². The summed E-state index contributed by atoms with van der Waals surface area (Å²) >= 11 is 0. The van der Waals surface area contributed by atoms with Crippen LogP contribution in [0.15, 0.2) is 95.0 Å². The minimum atomic E-state index is -4.99. The Morgan fingerprint density at radius 1 is 0.574 bits per heavy atom. The molecule has 2 heterocycles. The number of aromatic hydroxyl groups is 2. The number of anilines is 2. The van der Waals surface area contributed by atoms with E-state index < -0.39 is 53.3 Å². The number of amides is 2. The van der Waals surface area contributed by atoms with E-state index in [9.17, 15) is 55.3 Å². The highest BCUT2D eigenvalue weighted by Gasteiger charge is 2.23. The molecular weight excluding hydrogens is 745 g/mol. The molecule has 0 fully saturated rings. The number of nitrogens with zero attached hydrogens (tertiary/aromatic N) is 2. The van der Waals surface area contributed by atoms with Gasteiger partial charge in [0.25, 0.3) is 32.1 Å². The van der Waals surface area contributed by atoms with Crippen molar-refractivity contribution in [3.63, 3.8) is 0 Å². The number of hydrogen-bond donors (Lipinski definition) is 6. The fourth-order valence-electron chi connectivity index (χ4n) is 5.58. The van der Waals surface area contributed by atoms with Gasteiger partial charge >= 0.3 is 0 Å². The normalized spacial score (nSPS) is 11.8. The number of phenolic OH excluding ortho intramolecular Hbond substituents is 2. The second-order valence-corrected chi connectivity index (χ2v) is 14.2. The Hall–Kier alpha value is -6.86. The largest absolute Gasteiger partial charge is 0.505 e. The Morgan fingerprint density at radius 2 is 0.963 bits per heavy atom. The van der Waals surface area contributed by atoms with Crippen molar-refractivity contribution in [2.45, 2.75) is 9.79 Å². The second kappa shape index (κ2) is 14.3. The van der Waals surface area contributed by atoms with Gasteiger partial charge in [0.2, 0.25) is 0 Å². The summed E-state index contributed by atoms with van der Waals surface area (Å²) in [5, 5.41) is 26.7. The number of fused-ring (bicyclic) bond motifs is 2. The number of nitrogens with one attached hydrogen (secondary N) is 2. The maximum absolute atomic E-state index is 13.1. The van der Waals surface area contributed by atoms with E-state index in [1.54, 1.807) is 0 Å². The number of aldehydes is 2. The highest BCUT2D eigenvalue weighted by molar-refractivity contribution is 7.86. The van der Waals surface area contributed by atoms with E-state index in [0.717, 1.165) is 48.6 Å². The molecule has 16 nitrogen and oxygen atoms in total. The van der Waals surface area contributed by atoms with Crippen LogP contribution < -0.4 is 10.6 Å². The lowest BCUT2D eigenvalue weighted by atomic mass is 10.0. The highest BCUT2D eigenvalue weighted by atomic mass is 32.2. The lowest BCUT2D eigenvalue weighted by molar-refractivity contribution is 0.101. The lowest BCUT2D eigenvalue weighted by Gasteiger charge is -2.12. The summed E-state index contributed by atoms with van der Waals surface area (Å²) in [5.74, 6) is -2.98. The van der Waals surface area contributed by atoms with Gasteiger partial charge in [-0.05, 0) is 59.7 Å². The van der Waals surface area contributed by atoms with Crippen molar-refractivity contribution in [1.29, 1.82) is 0 Å². The molecule has 0 aliphatic heterocycles. The summed E-state index contributed by atoms with van der Waals surface area (Å²) < 4.78 is 69.6. The van der Waals surface area contributed by atoms with Crippen molar-refractivity contribution in [2.75, 3.05) is 10.6 Å². The van der Waals surface area contributed by atoms with Gasteiger partial charge in [0.05, 0.1) is 11.1 Å². The van der Waals surface area contributed by atoms with E-state index in [1.165, 1.54) is 48.8 Å². The number of carbonyl (C=O) groups excluding carboxylic acids is 4. The number of benzene rings is 4. The van der Waals surface area contributed by atoms with Crippen LogP contribution in [0.1, 0.15) is 52.6 Å². The predicted molar refractivity (Wildman–Crippen MR) is 195 cm³/mol. The van der Waals surface area contributed by atoms with Crippen molar-refractivity contribution in [1.82, 2.24) is 9.97 Å². The molecule has 0 spiro atoms. The molecule has 0 aliphatic carbocycles. The summed E-state index contributed by atoms with van der Waals surface area (Å²) in [5.41, 5.74) is -1.37. The molecule has 2 amide bonds. The first-order valence-electron chi connectivity index (χ1n) is 15.3. The average molecular weight is 769 g/mol. The molecule has 0 atom stereocenters. The minimum absolute atomic E-state index is 0.0269. The van der Waals surface area contributed by atoms with Gasteiger partial charge in [0, 0.05) is 45.7 Å². The molecule has 272 valence electrons. The molecule has 0 saturated carbocycles. The summed E-state index contributed by atoms with van der Waals surface area (Å²) in [4.78, 5) is 56.1. The Kier molecular flexibility index (Phi) is 9.76. The van der Waals surface area contributed by atoms with Crippen LogP contribution in [0.25, 0.3) is 34.0 Å². The van der Waals surface area contributed by atoms with Crippen LogP contribution in [0.2, 0.25) is 0 Å². The number of rotatable bonds is 10. The van der Waals surface area contributed by atoms with Crippen LogP contribution in [0.3, 0.4) is 0 Å². The van der Waals surface area contributed by atoms with Gasteiger partial charge in [0.15, 0.2) is 24.1 Å². The van der Waals surface area contributed by atoms with E-state index in [-0.39, 0.29) is 66.6 Å². The SMILES string of the molecule is O=Cc1cc(C(=O)Nc2ccc(/C=C/c3ccc(NC(=O)c4cc(C=O)c5cccnc5c4O)cc3S(=O)(=O)O)c(S(=O)(=O)O)c2)c(O)c2ncccc12. The average Bonchev–Trinajstić information content (AvgIpc) is 3.14. The zero-order valence-corrected chi connectivity index (χ0v) is 28.8. The Balaban J connectivity index is 1.30. The summed E-state index contributed by atoms with van der Waals surface area (Å²) in [7, 11) is -9.97. The van der Waals surface area contributed by atoms with Crippen molar-refractivity contribution in [2.24, 2.45) is 0 Å². The zero-order chi connectivity index (χ0) is 38.9. The third-order valence-electron chi connectivity index (χ3n) is 8.08. The van der Waals surface area contributed by atoms with E-state index >= 15 is 0 Å². The Morgan fingerprint density at radius 3 is 1.31 bits per heavy atom. The van der Waals surface area contributed by atoms with Crippen molar-refractivity contribution in [3.05, 3.63) is 119 Å². The Labute approximate surface area is 304 Å². The van der Waals surface area contributed by atoms with Crippen molar-refractivity contribution >= 4 is 90.0 Å². The topological polar surface area (TPSA) is 267 Å². The van der Waals surface area contributed by atoms with Crippen molar-refractivity contribution in [3.8, 4) is 11.5 Å². The van der Waals surface area contributed by atoms with Crippen LogP contribution in [-0.4, -0.2) is 70.5 Å². The molecule has 0 aliphatic rings. The fraction of sp³-hybridized carbons (Fsp3) is 0. The van der Waals surface area contributed by atoms with E-state index in [2.05, 4.69) is 20.6 Å². The standard InChI is InChI=1S/C36H24N4O12S2/c41-17-21-13-27(33(43)31-25(21)3-1-11-37-31)35(45)39-23-9-7-19(29(15-23)53(47,48)49)5-6-20-8-10-24(16-30(20)54(50,51)52)40-36(46)28-14-22(18-42)26-4-2-12-38-32(26)34(28)44/h1-18,43-44H,(H,39,45)(H,40,46)(H,47,48,49)(H,50,51,52)/b6-5+. The van der Waals surface area contributed by atoms with Crippen LogP contribution >= 0.6 is 0 Å². The van der Waals surface area contributed by atoms with Gasteiger partial charge in [-0.1, -0.05) is 36.4 Å². The maximum atomic E-state index is 13.1. The molecule has 0 saturated heterocycles. The molecule has 2 aromatic heterocycles. The first-order valence-corrected chi connectivity index (χ1v) is 18.1. The number of hydrogen-bond acceptors (Lipinski definition) is 12. The zero-order valence-electron chi connectivity index (χ0n) is 27.2. The molecule has 0 radical (unpaired) electrons. The lowest BCUT2D eigenvalue weighted by Crippen LogP contribution is -2.14. The van der Waals surface area contributed by atoms with Crippen LogP contribution in [0.5, 0.6) is 11.5 Å². The van der Waals surface area contributed by atoms with E-state index in [0.29, 0.717) is 12.6 Å². The molecule has 4 aromatic carbocycles. The van der Waals surface area contributed by atoms with Crippen LogP contribution in [0, 0.1) is 0 Å². The number of aromatic nitrogens is 2. The molecule has 6 rings (SSSR count). The molecule has 6 N–H and O–H groups in total. The smallest absolute Gasteiger partial charge is 0.295 e. The summed E-state index contributed by atoms with van der Waals surface area (Å²) in [6.07, 6.45) is 5.81. The number of phenols is 2. The third kappa shape index (κ3) is 7.25. The fourth-order valence-corrected chi connectivity index (χ4v) is 7.00. The van der Waals surface area contributed by atoms with Gasteiger partial charge in [-0.2, -0.15) is 16.8 Å².